The molecule has 4 nitrogen and oxygen atoms in total. The van der Waals surface area contributed by atoms with Crippen LogP contribution in [0.5, 0.6) is 5.75 Å². The Bertz CT molecular complexity index is 570. The molecule has 0 unspecified atom stereocenters. The number of ether oxygens (including phenoxy) is 1. The molecule has 0 bridgehead atoms. The molecule has 0 spiro atoms. The molecule has 2 aromatic carbocycles. The Kier molecular flexibility index (Phi) is 4.74. The number of carbonyl (C=O) groups is 1. The fourth-order valence-electron chi connectivity index (χ4n) is 1.80. The zero-order valence-corrected chi connectivity index (χ0v) is 11.5. The highest BCUT2D eigenvalue weighted by molar-refractivity contribution is 5.93. The minimum atomic E-state index is -0.102. The first-order chi connectivity index (χ1) is 9.70. The first-order valence-corrected chi connectivity index (χ1v) is 6.44. The van der Waals surface area contributed by atoms with E-state index in [2.05, 4.69) is 0 Å². The summed E-state index contributed by atoms with van der Waals surface area (Å²) in [5.41, 5.74) is 7.39. The Morgan fingerprint density at radius 2 is 1.90 bits per heavy atom. The summed E-state index contributed by atoms with van der Waals surface area (Å²) < 4.78 is 5.51. The topological polar surface area (TPSA) is 55.6 Å². The van der Waals surface area contributed by atoms with Gasteiger partial charge in [-0.05, 0) is 29.8 Å². The Hall–Kier alpha value is -2.33. The number of para-hydroxylation sites is 1. The van der Waals surface area contributed by atoms with Crippen LogP contribution >= 0.6 is 0 Å². The molecule has 0 heterocycles. The lowest BCUT2D eigenvalue weighted by molar-refractivity contribution is -0.120. The molecule has 0 aliphatic rings. The molecular weight excluding hydrogens is 252 g/mol. The minimum absolute atomic E-state index is 0.000576. The monoisotopic (exact) mass is 270 g/mol. The lowest BCUT2D eigenvalue weighted by Crippen LogP contribution is -2.31. The van der Waals surface area contributed by atoms with Gasteiger partial charge in [0.15, 0.2) is 6.61 Å². The predicted molar refractivity (Wildman–Crippen MR) is 79.7 cm³/mol. The second kappa shape index (κ2) is 6.73. The Morgan fingerprint density at radius 1 is 1.15 bits per heavy atom. The van der Waals surface area contributed by atoms with Crippen LogP contribution in [0.3, 0.4) is 0 Å². The van der Waals surface area contributed by atoms with Gasteiger partial charge in [0.2, 0.25) is 0 Å². The van der Waals surface area contributed by atoms with E-state index in [1.807, 2.05) is 54.6 Å². The van der Waals surface area contributed by atoms with E-state index < -0.39 is 0 Å². The number of hydrogen-bond donors (Lipinski definition) is 1. The molecule has 20 heavy (non-hydrogen) atoms. The van der Waals surface area contributed by atoms with E-state index >= 15 is 0 Å². The largest absolute Gasteiger partial charge is 0.484 e. The summed E-state index contributed by atoms with van der Waals surface area (Å²) in [5.74, 6) is 0.553. The number of amides is 1. The lowest BCUT2D eigenvalue weighted by Gasteiger charge is -2.17. The Morgan fingerprint density at radius 3 is 2.60 bits per heavy atom. The number of likely N-dealkylation sites (N-methyl/N-ethyl adjacent to an activating group) is 1. The van der Waals surface area contributed by atoms with E-state index in [1.165, 1.54) is 0 Å². The highest BCUT2D eigenvalue weighted by Crippen LogP contribution is 2.14. The van der Waals surface area contributed by atoms with Gasteiger partial charge in [-0.3, -0.25) is 4.79 Å². The van der Waals surface area contributed by atoms with Gasteiger partial charge in [-0.1, -0.05) is 30.3 Å². The van der Waals surface area contributed by atoms with Gasteiger partial charge in [-0.2, -0.15) is 0 Å². The van der Waals surface area contributed by atoms with Crippen molar-refractivity contribution in [3.63, 3.8) is 0 Å². The molecule has 1 amide bonds. The van der Waals surface area contributed by atoms with Crippen molar-refractivity contribution in [1.29, 1.82) is 0 Å². The summed E-state index contributed by atoms with van der Waals surface area (Å²) in [6.07, 6.45) is 0. The summed E-state index contributed by atoms with van der Waals surface area (Å²) in [6, 6.07) is 16.9. The molecule has 0 saturated heterocycles. The van der Waals surface area contributed by atoms with Crippen molar-refractivity contribution < 1.29 is 9.53 Å². The van der Waals surface area contributed by atoms with E-state index in [-0.39, 0.29) is 12.5 Å². The predicted octanol–water partition coefficient (Wildman–Crippen LogP) is 2.19. The van der Waals surface area contributed by atoms with Gasteiger partial charge in [-0.25, -0.2) is 0 Å². The van der Waals surface area contributed by atoms with E-state index in [0.29, 0.717) is 12.3 Å². The molecule has 0 radical (unpaired) electrons. The van der Waals surface area contributed by atoms with Gasteiger partial charge >= 0.3 is 0 Å². The third kappa shape index (κ3) is 3.59. The Labute approximate surface area is 118 Å². The fourth-order valence-corrected chi connectivity index (χ4v) is 1.80. The molecule has 2 aromatic rings. The number of nitrogens with two attached hydrogens (primary N) is 1. The first-order valence-electron chi connectivity index (χ1n) is 6.44. The van der Waals surface area contributed by atoms with Gasteiger partial charge in [0.25, 0.3) is 5.91 Å². The molecule has 0 atom stereocenters. The maximum absolute atomic E-state index is 12.0. The zero-order valence-electron chi connectivity index (χ0n) is 11.5. The molecule has 2 rings (SSSR count). The molecule has 104 valence electrons. The summed E-state index contributed by atoms with van der Waals surface area (Å²) in [7, 11) is 1.73. The van der Waals surface area contributed by atoms with Crippen LogP contribution < -0.4 is 15.4 Å². The van der Waals surface area contributed by atoms with Crippen LogP contribution in [0.25, 0.3) is 0 Å². The maximum Gasteiger partial charge on any atom is 0.264 e. The number of carbonyl (C=O) groups excluding carboxylic acids is 1. The minimum Gasteiger partial charge on any atom is -0.484 e. The highest BCUT2D eigenvalue weighted by atomic mass is 16.5. The van der Waals surface area contributed by atoms with Crippen molar-refractivity contribution in [2.45, 2.75) is 6.54 Å². The van der Waals surface area contributed by atoms with Crippen molar-refractivity contribution >= 4 is 11.6 Å². The summed E-state index contributed by atoms with van der Waals surface area (Å²) >= 11 is 0. The van der Waals surface area contributed by atoms with Crippen molar-refractivity contribution in [2.75, 3.05) is 18.6 Å². The third-order valence-corrected chi connectivity index (χ3v) is 3.01. The van der Waals surface area contributed by atoms with E-state index in [9.17, 15) is 4.79 Å². The molecule has 0 aliphatic heterocycles. The number of anilines is 1. The van der Waals surface area contributed by atoms with Crippen LogP contribution in [0.4, 0.5) is 5.69 Å². The summed E-state index contributed by atoms with van der Waals surface area (Å²) in [5, 5.41) is 0. The second-order valence-corrected chi connectivity index (χ2v) is 4.43. The van der Waals surface area contributed by atoms with E-state index in [0.717, 1.165) is 11.3 Å². The summed E-state index contributed by atoms with van der Waals surface area (Å²) in [4.78, 5) is 13.6. The third-order valence-electron chi connectivity index (χ3n) is 3.01. The van der Waals surface area contributed by atoms with Gasteiger partial charge in [0.1, 0.15) is 5.75 Å². The van der Waals surface area contributed by atoms with Crippen molar-refractivity contribution in [3.05, 3.63) is 60.2 Å². The lowest BCUT2D eigenvalue weighted by atomic mass is 10.2. The highest BCUT2D eigenvalue weighted by Gasteiger charge is 2.11. The van der Waals surface area contributed by atoms with Crippen molar-refractivity contribution in [1.82, 2.24) is 0 Å². The SMILES string of the molecule is CN(C(=O)COc1cccc(CN)c1)c1ccccc1. The van der Waals surface area contributed by atoms with Crippen molar-refractivity contribution in [2.24, 2.45) is 5.73 Å². The summed E-state index contributed by atoms with van der Waals surface area (Å²) in [6.45, 7) is 0.453. The average Bonchev–Trinajstić information content (AvgIpc) is 2.53. The standard InChI is InChI=1S/C16H18N2O2/c1-18(14-7-3-2-4-8-14)16(19)12-20-15-9-5-6-13(10-15)11-17/h2-10H,11-12,17H2,1H3. The molecule has 0 saturated carbocycles. The van der Waals surface area contributed by atoms with Crippen LogP contribution in [0.2, 0.25) is 0 Å². The normalized spacial score (nSPS) is 10.1. The van der Waals surface area contributed by atoms with Crippen LogP contribution in [0, 0.1) is 0 Å². The van der Waals surface area contributed by atoms with Gasteiger partial charge < -0.3 is 15.4 Å². The molecule has 0 aliphatic carbocycles. The van der Waals surface area contributed by atoms with Crippen LogP contribution in [-0.4, -0.2) is 19.6 Å². The first kappa shape index (κ1) is 14.1. The van der Waals surface area contributed by atoms with Gasteiger partial charge in [-0.15, -0.1) is 0 Å². The smallest absolute Gasteiger partial charge is 0.264 e. The van der Waals surface area contributed by atoms with E-state index in [4.69, 9.17) is 10.5 Å². The molecule has 2 N–H and O–H groups in total. The molecule has 0 aromatic heterocycles. The molecule has 0 fully saturated rings. The fraction of sp³-hybridized carbons (Fsp3) is 0.188. The van der Waals surface area contributed by atoms with E-state index in [1.54, 1.807) is 11.9 Å². The van der Waals surface area contributed by atoms with Crippen LogP contribution in [-0.2, 0) is 11.3 Å². The molecular formula is C16H18N2O2. The van der Waals surface area contributed by atoms with Crippen LogP contribution in [0.1, 0.15) is 5.56 Å². The number of nitrogens with zero attached hydrogens (tertiary/aromatic N) is 1. The average molecular weight is 270 g/mol. The number of rotatable bonds is 5. The zero-order chi connectivity index (χ0) is 14.4. The van der Waals surface area contributed by atoms with Gasteiger partial charge in [0, 0.05) is 19.3 Å². The van der Waals surface area contributed by atoms with Crippen LogP contribution in [0.15, 0.2) is 54.6 Å². The number of benzene rings is 2. The maximum atomic E-state index is 12.0. The quantitative estimate of drug-likeness (QED) is 0.906. The Balaban J connectivity index is 1.95. The van der Waals surface area contributed by atoms with Crippen molar-refractivity contribution in [3.8, 4) is 5.75 Å². The second-order valence-electron chi connectivity index (χ2n) is 4.43. The van der Waals surface area contributed by atoms with Gasteiger partial charge in [0.05, 0.1) is 0 Å². The number of hydrogen-bond acceptors (Lipinski definition) is 3. The molecule has 4 heteroatoms.